The van der Waals surface area contributed by atoms with E-state index in [1.54, 1.807) is 12.1 Å². The molecule has 19 heavy (non-hydrogen) atoms. The second kappa shape index (κ2) is 6.36. The normalized spacial score (nSPS) is 19.9. The summed E-state index contributed by atoms with van der Waals surface area (Å²) in [5, 5.41) is 18.4. The summed E-state index contributed by atoms with van der Waals surface area (Å²) in [4.78, 5) is 1.92. The first kappa shape index (κ1) is 14.3. The van der Waals surface area contributed by atoms with Crippen molar-refractivity contribution in [1.29, 1.82) is 5.26 Å². The van der Waals surface area contributed by atoms with Crippen LogP contribution in [0.15, 0.2) is 16.6 Å². The fraction of sp³-hybridized carbons (Fsp3) is 0.500. The first-order chi connectivity index (χ1) is 9.19. The average Bonchev–Trinajstić information content (AvgIpc) is 2.67. The number of nitriles is 1. The Balaban J connectivity index is 2.39. The number of nitrogens with zero attached hydrogens (tertiary/aromatic N) is 2. The summed E-state index contributed by atoms with van der Waals surface area (Å²) < 4.78 is 14.6. The summed E-state index contributed by atoms with van der Waals surface area (Å²) in [6, 6.07) is 5.15. The molecule has 1 atom stereocenters. The van der Waals surface area contributed by atoms with E-state index in [-0.39, 0.29) is 22.7 Å². The Morgan fingerprint density at radius 1 is 1.42 bits per heavy atom. The Morgan fingerprint density at radius 2 is 2.21 bits per heavy atom. The Kier molecular flexibility index (Phi) is 4.78. The molecule has 0 saturated carbocycles. The van der Waals surface area contributed by atoms with Crippen LogP contribution in [-0.4, -0.2) is 24.3 Å². The van der Waals surface area contributed by atoms with E-state index in [9.17, 15) is 9.50 Å². The summed E-state index contributed by atoms with van der Waals surface area (Å²) in [6.45, 7) is 0.761. The number of hydrogen-bond donors (Lipinski definition) is 1. The molecule has 0 radical (unpaired) electrons. The van der Waals surface area contributed by atoms with E-state index in [1.807, 2.05) is 11.0 Å². The fourth-order valence-electron chi connectivity index (χ4n) is 2.53. The predicted molar refractivity (Wildman–Crippen MR) is 75.5 cm³/mol. The highest BCUT2D eigenvalue weighted by atomic mass is 79.9. The third-order valence-electron chi connectivity index (χ3n) is 3.58. The van der Waals surface area contributed by atoms with Crippen LogP contribution < -0.4 is 4.90 Å². The number of aliphatic hydroxyl groups excluding tert-OH is 1. The van der Waals surface area contributed by atoms with Gasteiger partial charge in [-0.25, -0.2) is 4.39 Å². The van der Waals surface area contributed by atoms with Crippen LogP contribution in [0.5, 0.6) is 0 Å². The molecule has 102 valence electrons. The van der Waals surface area contributed by atoms with E-state index in [2.05, 4.69) is 15.9 Å². The zero-order valence-electron chi connectivity index (χ0n) is 10.6. The number of benzene rings is 1. The lowest BCUT2D eigenvalue weighted by Crippen LogP contribution is -2.38. The maximum atomic E-state index is 14.4. The van der Waals surface area contributed by atoms with Crippen molar-refractivity contribution >= 4 is 21.6 Å². The maximum absolute atomic E-state index is 14.4. The van der Waals surface area contributed by atoms with Gasteiger partial charge in [0.05, 0.1) is 28.4 Å². The quantitative estimate of drug-likeness (QED) is 0.907. The van der Waals surface area contributed by atoms with Gasteiger partial charge in [0.1, 0.15) is 6.07 Å². The molecule has 1 aliphatic rings. The Bertz CT molecular complexity index is 501. The molecule has 1 aromatic carbocycles. The maximum Gasteiger partial charge on any atom is 0.161 e. The molecular formula is C14H16BrFN2O. The molecule has 1 fully saturated rings. The van der Waals surface area contributed by atoms with Gasteiger partial charge in [0.25, 0.3) is 0 Å². The van der Waals surface area contributed by atoms with Crippen molar-refractivity contribution in [3.05, 3.63) is 28.0 Å². The van der Waals surface area contributed by atoms with Gasteiger partial charge in [-0.3, -0.25) is 0 Å². The fourth-order valence-corrected chi connectivity index (χ4v) is 2.96. The molecule has 0 amide bonds. The summed E-state index contributed by atoms with van der Waals surface area (Å²) in [6.07, 6.45) is 4.02. The predicted octanol–water partition coefficient (Wildman–Crippen LogP) is 3.20. The molecule has 0 bridgehead atoms. The van der Waals surface area contributed by atoms with E-state index in [1.165, 1.54) is 0 Å². The highest BCUT2D eigenvalue weighted by Gasteiger charge is 2.24. The molecule has 0 aromatic heterocycles. The summed E-state index contributed by atoms with van der Waals surface area (Å²) in [5.74, 6) is -0.417. The Morgan fingerprint density at radius 3 is 2.89 bits per heavy atom. The van der Waals surface area contributed by atoms with Crippen molar-refractivity contribution in [1.82, 2.24) is 0 Å². The minimum absolute atomic E-state index is 0.0249. The van der Waals surface area contributed by atoms with Crippen LogP contribution in [-0.2, 0) is 0 Å². The monoisotopic (exact) mass is 326 g/mol. The van der Waals surface area contributed by atoms with Crippen LogP contribution in [0, 0.1) is 17.1 Å². The summed E-state index contributed by atoms with van der Waals surface area (Å²) >= 11 is 3.13. The molecule has 2 rings (SSSR count). The van der Waals surface area contributed by atoms with E-state index in [0.29, 0.717) is 5.69 Å². The third-order valence-corrected chi connectivity index (χ3v) is 4.35. The van der Waals surface area contributed by atoms with Gasteiger partial charge in [-0.15, -0.1) is 0 Å². The van der Waals surface area contributed by atoms with Crippen LogP contribution in [0.3, 0.4) is 0 Å². The van der Waals surface area contributed by atoms with Gasteiger partial charge in [-0.2, -0.15) is 5.26 Å². The van der Waals surface area contributed by atoms with E-state index >= 15 is 0 Å². The molecule has 1 aliphatic heterocycles. The van der Waals surface area contributed by atoms with Crippen molar-refractivity contribution in [2.24, 2.45) is 0 Å². The molecule has 1 heterocycles. The van der Waals surface area contributed by atoms with Gasteiger partial charge in [0.15, 0.2) is 5.82 Å². The van der Waals surface area contributed by atoms with E-state index in [0.717, 1.165) is 32.2 Å². The molecule has 1 unspecified atom stereocenters. The molecular weight excluding hydrogens is 311 g/mol. The molecule has 1 N–H and O–H groups in total. The lowest BCUT2D eigenvalue weighted by Gasteiger charge is -2.31. The lowest BCUT2D eigenvalue weighted by molar-refractivity contribution is 0.254. The van der Waals surface area contributed by atoms with E-state index < -0.39 is 5.82 Å². The molecule has 1 aromatic rings. The minimum atomic E-state index is -0.417. The number of anilines is 1. The van der Waals surface area contributed by atoms with Crippen molar-refractivity contribution < 1.29 is 9.50 Å². The van der Waals surface area contributed by atoms with Crippen LogP contribution in [0.25, 0.3) is 0 Å². The van der Waals surface area contributed by atoms with E-state index in [4.69, 9.17) is 5.26 Å². The van der Waals surface area contributed by atoms with Gasteiger partial charge in [-0.1, -0.05) is 12.8 Å². The number of aliphatic hydroxyl groups is 1. The Hall–Kier alpha value is -1.12. The van der Waals surface area contributed by atoms with Gasteiger partial charge < -0.3 is 10.0 Å². The third kappa shape index (κ3) is 2.90. The van der Waals surface area contributed by atoms with Gasteiger partial charge in [0.2, 0.25) is 0 Å². The molecule has 0 aliphatic carbocycles. The van der Waals surface area contributed by atoms with Crippen molar-refractivity contribution in [3.8, 4) is 6.07 Å². The van der Waals surface area contributed by atoms with Crippen LogP contribution in [0.2, 0.25) is 0 Å². The number of halogens is 2. The second-order valence-electron chi connectivity index (χ2n) is 4.75. The second-order valence-corrected chi connectivity index (χ2v) is 5.54. The highest BCUT2D eigenvalue weighted by Crippen LogP contribution is 2.32. The molecule has 3 nitrogen and oxygen atoms in total. The molecule has 5 heteroatoms. The SMILES string of the molecule is N#Cc1ccc(N2CCCCCC2CO)c(F)c1Br. The largest absolute Gasteiger partial charge is 0.394 e. The van der Waals surface area contributed by atoms with Crippen molar-refractivity contribution in [2.75, 3.05) is 18.1 Å². The topological polar surface area (TPSA) is 47.3 Å². The number of hydrogen-bond acceptors (Lipinski definition) is 3. The zero-order valence-corrected chi connectivity index (χ0v) is 12.2. The molecule has 0 spiro atoms. The lowest BCUT2D eigenvalue weighted by atomic mass is 10.1. The smallest absolute Gasteiger partial charge is 0.161 e. The van der Waals surface area contributed by atoms with Crippen LogP contribution >= 0.6 is 15.9 Å². The Labute approximate surface area is 120 Å². The standard InChI is InChI=1S/C14H16BrFN2O/c15-13-10(8-17)5-6-12(14(13)16)18-7-3-1-2-4-11(18)9-19/h5-6,11,19H,1-4,7,9H2. The summed E-state index contributed by atoms with van der Waals surface area (Å²) in [5.41, 5.74) is 0.753. The van der Waals surface area contributed by atoms with Crippen LogP contribution in [0.1, 0.15) is 31.2 Å². The van der Waals surface area contributed by atoms with Gasteiger partial charge >= 0.3 is 0 Å². The van der Waals surface area contributed by atoms with Gasteiger partial charge in [0, 0.05) is 6.54 Å². The average molecular weight is 327 g/mol. The summed E-state index contributed by atoms with van der Waals surface area (Å²) in [7, 11) is 0. The zero-order chi connectivity index (χ0) is 13.8. The van der Waals surface area contributed by atoms with Crippen LogP contribution in [0.4, 0.5) is 10.1 Å². The van der Waals surface area contributed by atoms with Crippen molar-refractivity contribution in [2.45, 2.75) is 31.7 Å². The highest BCUT2D eigenvalue weighted by molar-refractivity contribution is 9.10. The van der Waals surface area contributed by atoms with Gasteiger partial charge in [-0.05, 0) is 40.9 Å². The minimum Gasteiger partial charge on any atom is -0.394 e. The molecule has 1 saturated heterocycles. The first-order valence-electron chi connectivity index (χ1n) is 6.44. The van der Waals surface area contributed by atoms with Crippen molar-refractivity contribution in [3.63, 3.8) is 0 Å². The first-order valence-corrected chi connectivity index (χ1v) is 7.24. The number of rotatable bonds is 2.